The first-order valence-electron chi connectivity index (χ1n) is 10.1. The molecule has 4 bridgehead atoms. The maximum absolute atomic E-state index is 13.4. The number of nitrogens with one attached hydrogen (secondary N) is 1. The molecule has 2 atom stereocenters. The summed E-state index contributed by atoms with van der Waals surface area (Å²) in [7, 11) is 0. The van der Waals surface area contributed by atoms with Crippen molar-refractivity contribution in [1.82, 2.24) is 4.98 Å². The first-order valence-corrected chi connectivity index (χ1v) is 10.9. The lowest BCUT2D eigenvalue weighted by Gasteiger charge is -2.31. The third kappa shape index (κ3) is 2.77. The summed E-state index contributed by atoms with van der Waals surface area (Å²) >= 11 is 1.44. The third-order valence-electron chi connectivity index (χ3n) is 6.86. The van der Waals surface area contributed by atoms with E-state index in [-0.39, 0.29) is 17.3 Å². The lowest BCUT2D eigenvalue weighted by molar-refractivity contribution is -0.127. The second-order valence-electron chi connectivity index (χ2n) is 8.46. The topological polar surface area (TPSA) is 68.3 Å². The highest BCUT2D eigenvalue weighted by atomic mass is 32.1. The molecule has 4 aliphatic rings. The Bertz CT molecular complexity index is 909. The van der Waals surface area contributed by atoms with Crippen LogP contribution in [0.2, 0.25) is 0 Å². The summed E-state index contributed by atoms with van der Waals surface area (Å²) in [6, 6.07) is 5.63. The lowest BCUT2D eigenvalue weighted by Crippen LogP contribution is -2.37. The van der Waals surface area contributed by atoms with E-state index in [1.165, 1.54) is 30.6 Å². The SMILES string of the molecule is CCOC(=O)c1cc(-c2ccncc2)sc1NC(=O)C12CC3CC(CC1C3)C2. The standard InChI is InChI=1S/C22H24N2O3S/c1-2-27-20(25)17-10-18(15-3-5-23-6-4-15)28-19(17)24-21(26)22-11-13-7-14(12-22)9-16(22)8-13/h3-6,10,13-14,16H,2,7-9,11-12H2,1H3,(H,24,26). The van der Waals surface area contributed by atoms with Crippen molar-refractivity contribution in [3.05, 3.63) is 36.2 Å². The molecule has 2 unspecified atom stereocenters. The molecule has 2 aromatic rings. The summed E-state index contributed by atoms with van der Waals surface area (Å²) in [5.74, 6) is 1.66. The van der Waals surface area contributed by atoms with Crippen molar-refractivity contribution >= 4 is 28.2 Å². The van der Waals surface area contributed by atoms with Crippen LogP contribution in [-0.2, 0) is 9.53 Å². The van der Waals surface area contributed by atoms with E-state index in [0.29, 0.717) is 34.9 Å². The number of thiophene rings is 1. The Morgan fingerprint density at radius 3 is 2.61 bits per heavy atom. The molecular weight excluding hydrogens is 372 g/mol. The fourth-order valence-corrected chi connectivity index (χ4v) is 6.94. The van der Waals surface area contributed by atoms with Crippen LogP contribution in [0.4, 0.5) is 5.00 Å². The Hall–Kier alpha value is -2.21. The quantitative estimate of drug-likeness (QED) is 0.741. The number of carbonyl (C=O) groups is 2. The van der Waals surface area contributed by atoms with Gasteiger partial charge >= 0.3 is 5.97 Å². The number of esters is 1. The molecule has 2 heterocycles. The lowest BCUT2D eigenvalue weighted by atomic mass is 9.75. The molecule has 6 rings (SSSR count). The highest BCUT2D eigenvalue weighted by Crippen LogP contribution is 2.65. The van der Waals surface area contributed by atoms with E-state index in [1.807, 2.05) is 18.2 Å². The monoisotopic (exact) mass is 396 g/mol. The van der Waals surface area contributed by atoms with Gasteiger partial charge in [-0.3, -0.25) is 9.78 Å². The molecule has 0 aromatic carbocycles. The molecule has 5 nitrogen and oxygen atoms in total. The first-order chi connectivity index (χ1) is 13.6. The smallest absolute Gasteiger partial charge is 0.341 e. The van der Waals surface area contributed by atoms with Crippen molar-refractivity contribution in [3.8, 4) is 10.4 Å². The summed E-state index contributed by atoms with van der Waals surface area (Å²) in [4.78, 5) is 30.9. The minimum absolute atomic E-state index is 0.107. The van der Waals surface area contributed by atoms with Gasteiger partial charge in [-0.1, -0.05) is 0 Å². The summed E-state index contributed by atoms with van der Waals surface area (Å²) < 4.78 is 5.24. The zero-order chi connectivity index (χ0) is 19.3. The molecular formula is C22H24N2O3S. The van der Waals surface area contributed by atoms with E-state index < -0.39 is 0 Å². The number of ether oxygens (including phenoxy) is 1. The zero-order valence-corrected chi connectivity index (χ0v) is 16.8. The molecule has 28 heavy (non-hydrogen) atoms. The number of anilines is 1. The van der Waals surface area contributed by atoms with Crippen molar-refractivity contribution in [3.63, 3.8) is 0 Å². The second kappa shape index (κ2) is 6.69. The average Bonchev–Trinajstić information content (AvgIpc) is 3.30. The van der Waals surface area contributed by atoms with Gasteiger partial charge in [0.1, 0.15) is 5.00 Å². The maximum Gasteiger partial charge on any atom is 0.341 e. The molecule has 6 heteroatoms. The number of pyridine rings is 1. The highest BCUT2D eigenvalue weighted by molar-refractivity contribution is 7.20. The molecule has 0 spiro atoms. The van der Waals surface area contributed by atoms with Crippen LogP contribution in [-0.4, -0.2) is 23.5 Å². The molecule has 0 saturated heterocycles. The molecule has 2 aromatic heterocycles. The Labute approximate surface area is 168 Å². The second-order valence-corrected chi connectivity index (χ2v) is 9.52. The van der Waals surface area contributed by atoms with E-state index in [9.17, 15) is 9.59 Å². The summed E-state index contributed by atoms with van der Waals surface area (Å²) in [5.41, 5.74) is 1.20. The van der Waals surface area contributed by atoms with Crippen LogP contribution >= 0.6 is 11.3 Å². The number of aromatic nitrogens is 1. The van der Waals surface area contributed by atoms with Crippen molar-refractivity contribution in [2.45, 2.75) is 39.0 Å². The van der Waals surface area contributed by atoms with E-state index in [1.54, 1.807) is 19.3 Å². The van der Waals surface area contributed by atoms with Gasteiger partial charge in [0.25, 0.3) is 0 Å². The van der Waals surface area contributed by atoms with E-state index in [4.69, 9.17) is 4.74 Å². The Balaban J connectivity index is 1.46. The molecule has 0 aliphatic heterocycles. The van der Waals surface area contributed by atoms with Gasteiger partial charge in [-0.05, 0) is 80.5 Å². The van der Waals surface area contributed by atoms with E-state index >= 15 is 0 Å². The van der Waals surface area contributed by atoms with E-state index in [0.717, 1.165) is 23.3 Å². The molecule has 146 valence electrons. The fraction of sp³-hybridized carbons (Fsp3) is 0.500. The molecule has 4 saturated carbocycles. The van der Waals surface area contributed by atoms with Crippen molar-refractivity contribution in [1.29, 1.82) is 0 Å². The maximum atomic E-state index is 13.4. The summed E-state index contributed by atoms with van der Waals surface area (Å²) in [5, 5.41) is 3.76. The Morgan fingerprint density at radius 2 is 1.93 bits per heavy atom. The van der Waals surface area contributed by atoms with Crippen LogP contribution in [0.5, 0.6) is 0 Å². The number of amides is 1. The van der Waals surface area contributed by atoms with Crippen molar-refractivity contribution in [2.75, 3.05) is 11.9 Å². The first kappa shape index (κ1) is 17.9. The predicted molar refractivity (Wildman–Crippen MR) is 108 cm³/mol. The Morgan fingerprint density at radius 1 is 1.21 bits per heavy atom. The predicted octanol–water partition coefficient (Wildman–Crippen LogP) is 4.75. The molecule has 0 radical (unpaired) electrons. The third-order valence-corrected chi connectivity index (χ3v) is 7.96. The van der Waals surface area contributed by atoms with Gasteiger partial charge in [0.2, 0.25) is 5.91 Å². The average molecular weight is 397 g/mol. The Kier molecular flexibility index (Phi) is 4.27. The van der Waals surface area contributed by atoms with Gasteiger partial charge in [0.05, 0.1) is 17.6 Å². The number of carbonyl (C=O) groups excluding carboxylic acids is 2. The zero-order valence-electron chi connectivity index (χ0n) is 15.9. The number of nitrogens with zero attached hydrogens (tertiary/aromatic N) is 1. The highest BCUT2D eigenvalue weighted by Gasteiger charge is 2.61. The summed E-state index contributed by atoms with van der Waals surface area (Å²) in [6.45, 7) is 2.10. The minimum atomic E-state index is -0.385. The van der Waals surface area contributed by atoms with Gasteiger partial charge in [-0.15, -0.1) is 11.3 Å². The molecule has 4 aliphatic carbocycles. The van der Waals surface area contributed by atoms with Crippen LogP contribution < -0.4 is 5.32 Å². The number of hydrogen-bond donors (Lipinski definition) is 1. The van der Waals surface area contributed by atoms with Gasteiger partial charge in [-0.25, -0.2) is 4.79 Å². The fourth-order valence-electron chi connectivity index (χ4n) is 5.90. The molecule has 1 N–H and O–H groups in total. The van der Waals surface area contributed by atoms with Gasteiger partial charge in [0.15, 0.2) is 0 Å². The molecule has 4 fully saturated rings. The number of hydrogen-bond acceptors (Lipinski definition) is 5. The normalized spacial score (nSPS) is 29.8. The minimum Gasteiger partial charge on any atom is -0.462 e. The van der Waals surface area contributed by atoms with Crippen LogP contribution in [0.3, 0.4) is 0 Å². The van der Waals surface area contributed by atoms with Crippen LogP contribution in [0.1, 0.15) is 49.4 Å². The number of rotatable bonds is 5. The summed E-state index contributed by atoms with van der Waals surface area (Å²) in [6.07, 6.45) is 9.16. The van der Waals surface area contributed by atoms with Crippen LogP contribution in [0, 0.1) is 23.2 Å². The van der Waals surface area contributed by atoms with E-state index in [2.05, 4.69) is 10.3 Å². The van der Waals surface area contributed by atoms with Crippen LogP contribution in [0.15, 0.2) is 30.6 Å². The van der Waals surface area contributed by atoms with Gasteiger partial charge < -0.3 is 10.1 Å². The van der Waals surface area contributed by atoms with Gasteiger partial charge in [-0.2, -0.15) is 0 Å². The van der Waals surface area contributed by atoms with Crippen molar-refractivity contribution < 1.29 is 14.3 Å². The molecule has 1 amide bonds. The van der Waals surface area contributed by atoms with Crippen LogP contribution in [0.25, 0.3) is 10.4 Å². The van der Waals surface area contributed by atoms with Crippen molar-refractivity contribution in [2.24, 2.45) is 23.2 Å². The largest absolute Gasteiger partial charge is 0.462 e. The van der Waals surface area contributed by atoms with Gasteiger partial charge in [0, 0.05) is 17.3 Å².